The predicted octanol–water partition coefficient (Wildman–Crippen LogP) is 2.69. The minimum Gasteiger partial charge on any atom is -0.321 e. The molecule has 19 heavy (non-hydrogen) atoms. The molecule has 1 aromatic heterocycles. The van der Waals surface area contributed by atoms with E-state index in [1.807, 2.05) is 25.1 Å². The van der Waals surface area contributed by atoms with Gasteiger partial charge in [0.1, 0.15) is 5.82 Å². The molecule has 0 radical (unpaired) electrons. The minimum absolute atomic E-state index is 0.217. The number of halogens is 1. The molecule has 0 fully saturated rings. The maximum Gasteiger partial charge on any atom is 0.255 e. The number of hydrogen-bond acceptors (Lipinski definition) is 4. The summed E-state index contributed by atoms with van der Waals surface area (Å²) in [5, 5.41) is 2.84. The Hall–Kier alpha value is -1.92. The molecule has 6 heteroatoms. The lowest BCUT2D eigenvalue weighted by atomic mass is 10.2. The van der Waals surface area contributed by atoms with Crippen molar-refractivity contribution in [3.8, 4) is 0 Å². The molecule has 4 N–H and O–H groups in total. The van der Waals surface area contributed by atoms with Gasteiger partial charge < -0.3 is 10.7 Å². The van der Waals surface area contributed by atoms with Gasteiger partial charge >= 0.3 is 0 Å². The van der Waals surface area contributed by atoms with E-state index in [1.165, 1.54) is 6.20 Å². The van der Waals surface area contributed by atoms with E-state index >= 15 is 0 Å². The summed E-state index contributed by atoms with van der Waals surface area (Å²) in [6, 6.07) is 8.96. The van der Waals surface area contributed by atoms with Crippen LogP contribution in [0.15, 0.2) is 41.0 Å². The van der Waals surface area contributed by atoms with Crippen molar-refractivity contribution in [1.82, 2.24) is 4.98 Å². The Morgan fingerprint density at radius 1 is 1.32 bits per heavy atom. The maximum atomic E-state index is 12.1. The second-order valence-electron chi connectivity index (χ2n) is 4.01. The second-order valence-corrected chi connectivity index (χ2v) is 4.87. The van der Waals surface area contributed by atoms with Gasteiger partial charge in [-0.1, -0.05) is 6.07 Å². The van der Waals surface area contributed by atoms with Gasteiger partial charge in [0.25, 0.3) is 5.91 Å². The van der Waals surface area contributed by atoms with Gasteiger partial charge in [-0.15, -0.1) is 0 Å². The summed E-state index contributed by atoms with van der Waals surface area (Å²) in [6.07, 6.45) is 1.52. The van der Waals surface area contributed by atoms with Crippen molar-refractivity contribution in [1.29, 1.82) is 0 Å². The van der Waals surface area contributed by atoms with Crippen molar-refractivity contribution < 1.29 is 4.79 Å². The first-order chi connectivity index (χ1) is 9.10. The zero-order valence-electron chi connectivity index (χ0n) is 10.3. The van der Waals surface area contributed by atoms with Crippen LogP contribution in [0.3, 0.4) is 0 Å². The fourth-order valence-electron chi connectivity index (χ4n) is 1.58. The van der Waals surface area contributed by atoms with Crippen LogP contribution in [-0.2, 0) is 0 Å². The van der Waals surface area contributed by atoms with Gasteiger partial charge in [0.2, 0.25) is 0 Å². The Balaban J connectivity index is 2.22. The third-order valence-corrected chi connectivity index (χ3v) is 3.23. The normalized spacial score (nSPS) is 10.1. The number of nitrogens with one attached hydrogen (secondary N) is 2. The molecule has 0 saturated heterocycles. The number of aryl methyl sites for hydroxylation is 1. The van der Waals surface area contributed by atoms with Gasteiger partial charge in [-0.3, -0.25) is 4.79 Å². The van der Waals surface area contributed by atoms with Gasteiger partial charge in [0.15, 0.2) is 0 Å². The molecule has 0 bridgehead atoms. The highest BCUT2D eigenvalue weighted by Gasteiger charge is 2.09. The van der Waals surface area contributed by atoms with Crippen molar-refractivity contribution in [2.24, 2.45) is 5.84 Å². The molecule has 2 aromatic rings. The number of rotatable bonds is 3. The molecule has 0 aliphatic heterocycles. The van der Waals surface area contributed by atoms with Crippen molar-refractivity contribution >= 4 is 33.3 Å². The van der Waals surface area contributed by atoms with E-state index < -0.39 is 0 Å². The van der Waals surface area contributed by atoms with Gasteiger partial charge in [-0.05, 0) is 52.7 Å². The number of hydrazine groups is 1. The molecule has 0 saturated carbocycles. The van der Waals surface area contributed by atoms with Crippen molar-refractivity contribution in [3.05, 3.63) is 52.1 Å². The zero-order valence-corrected chi connectivity index (χ0v) is 11.9. The largest absolute Gasteiger partial charge is 0.321 e. The van der Waals surface area contributed by atoms with E-state index in [9.17, 15) is 4.79 Å². The number of benzene rings is 1. The Bertz CT molecular complexity index is 615. The molecular weight excluding hydrogens is 308 g/mol. The Morgan fingerprint density at radius 2 is 2.11 bits per heavy atom. The molecule has 1 aromatic carbocycles. The SMILES string of the molecule is Cc1ccc(Br)c(NC(=O)c2ccnc(NN)c2)c1. The highest BCUT2D eigenvalue weighted by Crippen LogP contribution is 2.24. The highest BCUT2D eigenvalue weighted by molar-refractivity contribution is 9.10. The highest BCUT2D eigenvalue weighted by atomic mass is 79.9. The number of nitrogen functional groups attached to an aromatic ring is 1. The second kappa shape index (κ2) is 5.81. The van der Waals surface area contributed by atoms with Crippen LogP contribution in [0.4, 0.5) is 11.5 Å². The average molecular weight is 321 g/mol. The van der Waals surface area contributed by atoms with Gasteiger partial charge in [0.05, 0.1) is 5.69 Å². The molecule has 0 aliphatic carbocycles. The van der Waals surface area contributed by atoms with E-state index in [1.54, 1.807) is 12.1 Å². The van der Waals surface area contributed by atoms with Gasteiger partial charge in [-0.25, -0.2) is 10.8 Å². The third-order valence-electron chi connectivity index (χ3n) is 2.54. The number of nitrogens with zero attached hydrogens (tertiary/aromatic N) is 1. The Kier molecular flexibility index (Phi) is 4.13. The van der Waals surface area contributed by atoms with Crippen molar-refractivity contribution in [3.63, 3.8) is 0 Å². The fraction of sp³-hybridized carbons (Fsp3) is 0.0769. The lowest BCUT2D eigenvalue weighted by molar-refractivity contribution is 0.102. The summed E-state index contributed by atoms with van der Waals surface area (Å²) >= 11 is 3.40. The number of aromatic nitrogens is 1. The number of hydrogen-bond donors (Lipinski definition) is 3. The summed E-state index contributed by atoms with van der Waals surface area (Å²) in [4.78, 5) is 16.1. The number of nitrogens with two attached hydrogens (primary N) is 1. The lowest BCUT2D eigenvalue weighted by Crippen LogP contribution is -2.14. The molecule has 98 valence electrons. The first kappa shape index (κ1) is 13.5. The minimum atomic E-state index is -0.217. The van der Waals surface area contributed by atoms with E-state index in [-0.39, 0.29) is 5.91 Å². The molecule has 0 spiro atoms. The van der Waals surface area contributed by atoms with E-state index in [2.05, 4.69) is 31.7 Å². The number of anilines is 2. The smallest absolute Gasteiger partial charge is 0.255 e. The van der Waals surface area contributed by atoms with E-state index in [0.29, 0.717) is 11.4 Å². The first-order valence-corrected chi connectivity index (χ1v) is 6.39. The molecule has 1 amide bonds. The molecule has 5 nitrogen and oxygen atoms in total. The number of carbonyl (C=O) groups excluding carboxylic acids is 1. The van der Waals surface area contributed by atoms with E-state index in [4.69, 9.17) is 5.84 Å². The van der Waals surface area contributed by atoms with Crippen LogP contribution in [0.25, 0.3) is 0 Å². The van der Waals surface area contributed by atoms with Crippen molar-refractivity contribution in [2.75, 3.05) is 10.7 Å². The van der Waals surface area contributed by atoms with Gasteiger partial charge in [0, 0.05) is 16.2 Å². The standard InChI is InChI=1S/C13H13BrN4O/c1-8-2-3-10(14)11(6-8)17-13(19)9-4-5-16-12(7-9)18-15/h2-7H,15H2,1H3,(H,16,18)(H,17,19). The third kappa shape index (κ3) is 3.30. The molecule has 2 rings (SSSR count). The van der Waals surface area contributed by atoms with Crippen LogP contribution in [0.5, 0.6) is 0 Å². The van der Waals surface area contributed by atoms with Crippen LogP contribution >= 0.6 is 15.9 Å². The first-order valence-electron chi connectivity index (χ1n) is 5.60. The number of carbonyl (C=O) groups is 1. The summed E-state index contributed by atoms with van der Waals surface area (Å²) in [5.74, 6) is 5.49. The molecule has 1 heterocycles. The summed E-state index contributed by atoms with van der Waals surface area (Å²) in [5.41, 5.74) is 4.68. The number of pyridine rings is 1. The topological polar surface area (TPSA) is 80.0 Å². The molecule has 0 atom stereocenters. The fourth-order valence-corrected chi connectivity index (χ4v) is 1.93. The van der Waals surface area contributed by atoms with E-state index in [0.717, 1.165) is 15.7 Å². The predicted molar refractivity (Wildman–Crippen MR) is 78.9 cm³/mol. The van der Waals surface area contributed by atoms with Gasteiger partial charge in [-0.2, -0.15) is 0 Å². The molecule has 0 unspecified atom stereocenters. The summed E-state index contributed by atoms with van der Waals surface area (Å²) < 4.78 is 0.831. The summed E-state index contributed by atoms with van der Waals surface area (Å²) in [6.45, 7) is 1.96. The lowest BCUT2D eigenvalue weighted by Gasteiger charge is -2.09. The van der Waals surface area contributed by atoms with Crippen LogP contribution < -0.4 is 16.6 Å². The van der Waals surface area contributed by atoms with Crippen LogP contribution in [0, 0.1) is 6.92 Å². The average Bonchev–Trinajstić information content (AvgIpc) is 2.43. The number of amides is 1. The molecule has 0 aliphatic rings. The van der Waals surface area contributed by atoms with Crippen molar-refractivity contribution in [2.45, 2.75) is 6.92 Å². The molecular formula is C13H13BrN4O. The van der Waals surface area contributed by atoms with Crippen LogP contribution in [0.2, 0.25) is 0 Å². The monoisotopic (exact) mass is 320 g/mol. The maximum absolute atomic E-state index is 12.1. The quantitative estimate of drug-likeness (QED) is 0.600. The zero-order chi connectivity index (χ0) is 13.8. The Morgan fingerprint density at radius 3 is 2.84 bits per heavy atom. The van der Waals surface area contributed by atoms with Crippen LogP contribution in [-0.4, -0.2) is 10.9 Å². The summed E-state index contributed by atoms with van der Waals surface area (Å²) in [7, 11) is 0. The Labute approximate surface area is 119 Å². The van der Waals surface area contributed by atoms with Crippen LogP contribution in [0.1, 0.15) is 15.9 Å².